The van der Waals surface area contributed by atoms with Gasteiger partial charge in [-0.15, -0.1) is 6.42 Å². The van der Waals surface area contributed by atoms with Gasteiger partial charge < -0.3 is 10.6 Å². The third kappa shape index (κ3) is 4.65. The molecule has 2 N–H and O–H groups in total. The second-order valence-corrected chi connectivity index (χ2v) is 4.13. The Kier molecular flexibility index (Phi) is 5.91. The minimum atomic E-state index is 0.0947. The molecule has 16 heavy (non-hydrogen) atoms. The molecule has 0 aromatic heterocycles. The summed E-state index contributed by atoms with van der Waals surface area (Å²) < 4.78 is 0. The molecule has 0 aromatic rings. The fraction of sp³-hybridized carbons (Fsp3) is 0.750. The molecule has 1 aliphatic rings. The molecule has 1 rings (SSSR count). The molecule has 90 valence electrons. The number of hydrogen-bond acceptors (Lipinski definition) is 3. The Balaban J connectivity index is 2.08. The van der Waals surface area contributed by atoms with Crippen molar-refractivity contribution < 1.29 is 4.79 Å². The molecular formula is C12H21N3O. The topological polar surface area (TPSA) is 44.4 Å². The Bertz CT molecular complexity index is 251. The van der Waals surface area contributed by atoms with Gasteiger partial charge in [-0.25, -0.2) is 0 Å². The van der Waals surface area contributed by atoms with Crippen molar-refractivity contribution in [3.8, 4) is 12.3 Å². The van der Waals surface area contributed by atoms with Crippen molar-refractivity contribution in [1.82, 2.24) is 15.5 Å². The molecule has 1 heterocycles. The zero-order valence-corrected chi connectivity index (χ0v) is 9.96. The van der Waals surface area contributed by atoms with Crippen LogP contribution in [0.25, 0.3) is 0 Å². The van der Waals surface area contributed by atoms with E-state index in [1.54, 1.807) is 7.05 Å². The van der Waals surface area contributed by atoms with Gasteiger partial charge in [-0.1, -0.05) is 5.92 Å². The van der Waals surface area contributed by atoms with E-state index in [2.05, 4.69) is 21.5 Å². The molecule has 0 aliphatic carbocycles. The summed E-state index contributed by atoms with van der Waals surface area (Å²) in [5, 5.41) is 6.03. The maximum atomic E-state index is 11.0. The first kappa shape index (κ1) is 13.0. The summed E-state index contributed by atoms with van der Waals surface area (Å²) in [6.07, 6.45) is 8.07. The third-order valence-electron chi connectivity index (χ3n) is 2.97. The van der Waals surface area contributed by atoms with Gasteiger partial charge in [0, 0.05) is 39.1 Å². The van der Waals surface area contributed by atoms with Crippen LogP contribution in [0.5, 0.6) is 0 Å². The SMILES string of the molecule is C#CCN1CCC(NCCC(=O)NC)CC1. The third-order valence-corrected chi connectivity index (χ3v) is 2.97. The van der Waals surface area contributed by atoms with Crippen LogP contribution in [0.4, 0.5) is 0 Å². The summed E-state index contributed by atoms with van der Waals surface area (Å²) in [5.74, 6) is 2.77. The Labute approximate surface area is 97.8 Å². The van der Waals surface area contributed by atoms with E-state index in [0.29, 0.717) is 12.5 Å². The number of nitrogens with zero attached hydrogens (tertiary/aromatic N) is 1. The average Bonchev–Trinajstić information content (AvgIpc) is 2.31. The Morgan fingerprint density at radius 3 is 2.75 bits per heavy atom. The quantitative estimate of drug-likeness (QED) is 0.635. The fourth-order valence-electron chi connectivity index (χ4n) is 1.94. The minimum absolute atomic E-state index is 0.0947. The maximum Gasteiger partial charge on any atom is 0.221 e. The Morgan fingerprint density at radius 2 is 2.19 bits per heavy atom. The van der Waals surface area contributed by atoms with E-state index in [9.17, 15) is 4.79 Å². The van der Waals surface area contributed by atoms with Gasteiger partial charge in [-0.05, 0) is 12.8 Å². The number of carbonyl (C=O) groups excluding carboxylic acids is 1. The van der Waals surface area contributed by atoms with Crippen LogP contribution in [-0.4, -0.2) is 50.1 Å². The highest BCUT2D eigenvalue weighted by atomic mass is 16.1. The van der Waals surface area contributed by atoms with Gasteiger partial charge in [-0.3, -0.25) is 9.69 Å². The monoisotopic (exact) mass is 223 g/mol. The van der Waals surface area contributed by atoms with Crippen LogP contribution in [0.1, 0.15) is 19.3 Å². The molecule has 1 amide bonds. The first-order chi connectivity index (χ1) is 7.76. The van der Waals surface area contributed by atoms with Gasteiger partial charge in [0.05, 0.1) is 6.54 Å². The van der Waals surface area contributed by atoms with Crippen molar-refractivity contribution in [2.45, 2.75) is 25.3 Å². The number of hydrogen-bond donors (Lipinski definition) is 2. The lowest BCUT2D eigenvalue weighted by Crippen LogP contribution is -2.43. The molecule has 4 heteroatoms. The zero-order chi connectivity index (χ0) is 11.8. The molecule has 0 aromatic carbocycles. The highest BCUT2D eigenvalue weighted by Gasteiger charge is 2.17. The smallest absolute Gasteiger partial charge is 0.221 e. The fourth-order valence-corrected chi connectivity index (χ4v) is 1.94. The first-order valence-corrected chi connectivity index (χ1v) is 5.86. The molecule has 1 fully saturated rings. The normalized spacial score (nSPS) is 18.0. The largest absolute Gasteiger partial charge is 0.359 e. The number of terminal acetylenes is 1. The number of rotatable bonds is 5. The van der Waals surface area contributed by atoms with Crippen LogP contribution >= 0.6 is 0 Å². The van der Waals surface area contributed by atoms with E-state index in [1.165, 1.54) is 0 Å². The van der Waals surface area contributed by atoms with Crippen LogP contribution in [0.3, 0.4) is 0 Å². The second kappa shape index (κ2) is 7.26. The maximum absolute atomic E-state index is 11.0. The molecule has 1 saturated heterocycles. The molecule has 0 spiro atoms. The molecule has 4 nitrogen and oxygen atoms in total. The summed E-state index contributed by atoms with van der Waals surface area (Å²) in [7, 11) is 1.67. The van der Waals surface area contributed by atoms with Gasteiger partial charge in [-0.2, -0.15) is 0 Å². The minimum Gasteiger partial charge on any atom is -0.359 e. The standard InChI is InChI=1S/C12H21N3O/c1-3-8-15-9-5-11(6-10-15)14-7-4-12(16)13-2/h1,11,14H,4-10H2,2H3,(H,13,16). The van der Waals surface area contributed by atoms with Crippen LogP contribution < -0.4 is 10.6 Å². The number of piperidine rings is 1. The van der Waals surface area contributed by atoms with E-state index in [-0.39, 0.29) is 5.91 Å². The van der Waals surface area contributed by atoms with Crippen LogP contribution in [-0.2, 0) is 4.79 Å². The summed E-state index contributed by atoms with van der Waals surface area (Å²) in [6.45, 7) is 3.63. The van der Waals surface area contributed by atoms with Gasteiger partial charge in [0.25, 0.3) is 0 Å². The second-order valence-electron chi connectivity index (χ2n) is 4.13. The highest BCUT2D eigenvalue weighted by molar-refractivity contribution is 5.75. The lowest BCUT2D eigenvalue weighted by molar-refractivity contribution is -0.120. The average molecular weight is 223 g/mol. The number of likely N-dealkylation sites (tertiary alicyclic amines) is 1. The van der Waals surface area contributed by atoms with Crippen molar-refractivity contribution in [2.24, 2.45) is 0 Å². The van der Waals surface area contributed by atoms with Crippen molar-refractivity contribution in [2.75, 3.05) is 33.2 Å². The molecule has 1 aliphatic heterocycles. The molecule has 0 radical (unpaired) electrons. The number of carbonyl (C=O) groups is 1. The van der Waals surface area contributed by atoms with Crippen molar-refractivity contribution in [1.29, 1.82) is 0 Å². The van der Waals surface area contributed by atoms with E-state index in [1.807, 2.05) is 0 Å². The van der Waals surface area contributed by atoms with Gasteiger partial charge in [0.15, 0.2) is 0 Å². The van der Waals surface area contributed by atoms with E-state index in [0.717, 1.165) is 39.0 Å². The molecule has 0 saturated carbocycles. The Hall–Kier alpha value is -1.05. The molecule has 0 bridgehead atoms. The van der Waals surface area contributed by atoms with Gasteiger partial charge in [0.1, 0.15) is 0 Å². The zero-order valence-electron chi connectivity index (χ0n) is 9.96. The van der Waals surface area contributed by atoms with Crippen LogP contribution in [0.2, 0.25) is 0 Å². The van der Waals surface area contributed by atoms with E-state index >= 15 is 0 Å². The van der Waals surface area contributed by atoms with E-state index < -0.39 is 0 Å². The summed E-state index contributed by atoms with van der Waals surface area (Å²) in [4.78, 5) is 13.3. The van der Waals surface area contributed by atoms with Crippen molar-refractivity contribution in [3.05, 3.63) is 0 Å². The first-order valence-electron chi connectivity index (χ1n) is 5.86. The molecular weight excluding hydrogens is 202 g/mol. The predicted octanol–water partition coefficient (Wildman–Crippen LogP) is -0.190. The summed E-state index contributed by atoms with van der Waals surface area (Å²) >= 11 is 0. The Morgan fingerprint density at radius 1 is 1.50 bits per heavy atom. The molecule has 0 unspecified atom stereocenters. The lowest BCUT2D eigenvalue weighted by Gasteiger charge is -2.31. The van der Waals surface area contributed by atoms with Crippen LogP contribution in [0, 0.1) is 12.3 Å². The van der Waals surface area contributed by atoms with Gasteiger partial charge in [0.2, 0.25) is 5.91 Å². The van der Waals surface area contributed by atoms with Gasteiger partial charge >= 0.3 is 0 Å². The predicted molar refractivity (Wildman–Crippen MR) is 65.0 cm³/mol. The summed E-state index contributed by atoms with van der Waals surface area (Å²) in [5.41, 5.74) is 0. The van der Waals surface area contributed by atoms with E-state index in [4.69, 9.17) is 6.42 Å². The highest BCUT2D eigenvalue weighted by Crippen LogP contribution is 2.09. The van der Waals surface area contributed by atoms with Crippen molar-refractivity contribution in [3.63, 3.8) is 0 Å². The van der Waals surface area contributed by atoms with Crippen molar-refractivity contribution >= 4 is 5.91 Å². The summed E-state index contributed by atoms with van der Waals surface area (Å²) in [6, 6.07) is 0.540. The lowest BCUT2D eigenvalue weighted by atomic mass is 10.1. The number of amides is 1. The van der Waals surface area contributed by atoms with Crippen LogP contribution in [0.15, 0.2) is 0 Å². The number of nitrogens with one attached hydrogen (secondary N) is 2. The molecule has 0 atom stereocenters.